The van der Waals surface area contributed by atoms with Crippen molar-refractivity contribution in [3.8, 4) is 11.6 Å². The van der Waals surface area contributed by atoms with Gasteiger partial charge < -0.3 is 9.64 Å². The van der Waals surface area contributed by atoms with Crippen molar-refractivity contribution in [2.75, 3.05) is 27.2 Å². The van der Waals surface area contributed by atoms with Crippen LogP contribution in [-0.2, 0) is 9.84 Å². The molecule has 0 spiro atoms. The van der Waals surface area contributed by atoms with Crippen LogP contribution in [0.25, 0.3) is 5.69 Å². The Labute approximate surface area is 180 Å². The number of hydrogen-bond donors (Lipinski definition) is 0. The van der Waals surface area contributed by atoms with Gasteiger partial charge in [-0.05, 0) is 50.8 Å². The van der Waals surface area contributed by atoms with Gasteiger partial charge in [0, 0.05) is 6.54 Å². The summed E-state index contributed by atoms with van der Waals surface area (Å²) in [6, 6.07) is 13.4. The van der Waals surface area contributed by atoms with Gasteiger partial charge in [0.2, 0.25) is 9.84 Å². The van der Waals surface area contributed by atoms with E-state index in [0.29, 0.717) is 6.61 Å². The average molecular weight is 454 g/mol. The molecule has 154 valence electrons. The van der Waals surface area contributed by atoms with Crippen LogP contribution in [0.15, 0.2) is 64.5 Å². The fourth-order valence-electron chi connectivity index (χ4n) is 2.66. The highest BCUT2D eigenvalue weighted by atomic mass is 35.5. The molecule has 6 nitrogen and oxygen atoms in total. The SMILES string of the molecule is CN(C)CCCOc1nn(-c2ccccc2)cc1S(=O)(=O)c1ccc(Cl)c(Cl)c1. The molecular weight excluding hydrogens is 433 g/mol. The first kappa shape index (κ1) is 21.6. The van der Waals surface area contributed by atoms with Gasteiger partial charge in [-0.25, -0.2) is 13.1 Å². The summed E-state index contributed by atoms with van der Waals surface area (Å²) in [5.74, 6) is 0.0543. The first-order valence-corrected chi connectivity index (χ1v) is 11.2. The summed E-state index contributed by atoms with van der Waals surface area (Å²) in [6.07, 6.45) is 2.19. The van der Waals surface area contributed by atoms with E-state index in [9.17, 15) is 8.42 Å². The van der Waals surface area contributed by atoms with Crippen molar-refractivity contribution in [3.05, 3.63) is 64.8 Å². The molecule has 0 amide bonds. The van der Waals surface area contributed by atoms with E-state index < -0.39 is 9.84 Å². The fraction of sp³-hybridized carbons (Fsp3) is 0.250. The highest BCUT2D eigenvalue weighted by Crippen LogP contribution is 2.32. The van der Waals surface area contributed by atoms with Crippen molar-refractivity contribution < 1.29 is 13.2 Å². The summed E-state index contributed by atoms with van der Waals surface area (Å²) in [6.45, 7) is 1.15. The molecule has 3 rings (SSSR count). The molecule has 0 radical (unpaired) electrons. The topological polar surface area (TPSA) is 64.4 Å². The largest absolute Gasteiger partial charge is 0.476 e. The summed E-state index contributed by atoms with van der Waals surface area (Å²) >= 11 is 12.0. The van der Waals surface area contributed by atoms with Gasteiger partial charge in [-0.2, -0.15) is 0 Å². The lowest BCUT2D eigenvalue weighted by molar-refractivity contribution is 0.266. The van der Waals surface area contributed by atoms with Gasteiger partial charge in [-0.3, -0.25) is 0 Å². The molecule has 0 atom stereocenters. The van der Waals surface area contributed by atoms with E-state index in [1.807, 2.05) is 49.3 Å². The molecule has 1 aromatic heterocycles. The molecule has 0 aliphatic heterocycles. The number of halogens is 2. The summed E-state index contributed by atoms with van der Waals surface area (Å²) in [5.41, 5.74) is 0.723. The van der Waals surface area contributed by atoms with E-state index in [2.05, 4.69) is 5.10 Å². The lowest BCUT2D eigenvalue weighted by Crippen LogP contribution is -2.16. The van der Waals surface area contributed by atoms with Crippen LogP contribution in [0.5, 0.6) is 5.88 Å². The molecule has 2 aromatic carbocycles. The number of aromatic nitrogens is 2. The minimum Gasteiger partial charge on any atom is -0.476 e. The zero-order chi connectivity index (χ0) is 21.0. The molecule has 0 N–H and O–H groups in total. The molecule has 1 heterocycles. The van der Waals surface area contributed by atoms with Crippen LogP contribution in [0, 0.1) is 0 Å². The van der Waals surface area contributed by atoms with Crippen molar-refractivity contribution in [3.63, 3.8) is 0 Å². The Kier molecular flexibility index (Phi) is 6.85. The second-order valence-electron chi connectivity index (χ2n) is 6.66. The maximum Gasteiger partial charge on any atom is 0.252 e. The Morgan fingerprint density at radius 2 is 1.79 bits per heavy atom. The molecule has 0 saturated heterocycles. The molecule has 0 aliphatic rings. The predicted molar refractivity (Wildman–Crippen MR) is 114 cm³/mol. The first-order chi connectivity index (χ1) is 13.8. The lowest BCUT2D eigenvalue weighted by Gasteiger charge is -2.10. The Morgan fingerprint density at radius 1 is 1.07 bits per heavy atom. The molecule has 0 fully saturated rings. The zero-order valence-corrected chi connectivity index (χ0v) is 18.4. The molecule has 0 aliphatic carbocycles. The average Bonchev–Trinajstić information content (AvgIpc) is 3.13. The quantitative estimate of drug-likeness (QED) is 0.474. The lowest BCUT2D eigenvalue weighted by atomic mass is 10.3. The van der Waals surface area contributed by atoms with Crippen molar-refractivity contribution in [1.82, 2.24) is 14.7 Å². The Balaban J connectivity index is 2.00. The molecule has 9 heteroatoms. The number of sulfone groups is 1. The standard InChI is InChI=1S/C20H21Cl2N3O3S/c1-24(2)11-6-12-28-20-19(14-25(23-20)15-7-4-3-5-8-15)29(26,27)16-9-10-17(21)18(22)13-16/h3-5,7-10,13-14H,6,11-12H2,1-2H3. The Bertz CT molecular complexity index is 1080. The summed E-state index contributed by atoms with van der Waals surface area (Å²) in [5, 5.41) is 4.82. The third-order valence-electron chi connectivity index (χ3n) is 4.15. The molecular formula is C20H21Cl2N3O3S. The molecule has 0 saturated carbocycles. The molecule has 0 unspecified atom stereocenters. The number of rotatable bonds is 8. The summed E-state index contributed by atoms with van der Waals surface area (Å²) in [7, 11) is 0.0138. The minimum atomic E-state index is -3.91. The van der Waals surface area contributed by atoms with Crippen LogP contribution < -0.4 is 4.74 Å². The second-order valence-corrected chi connectivity index (χ2v) is 9.40. The van der Waals surface area contributed by atoms with Crippen molar-refractivity contribution in [2.45, 2.75) is 16.2 Å². The van der Waals surface area contributed by atoms with Crippen LogP contribution in [0.2, 0.25) is 10.0 Å². The van der Waals surface area contributed by atoms with Crippen molar-refractivity contribution >= 4 is 33.0 Å². The molecule has 0 bridgehead atoms. The number of nitrogens with zero attached hydrogens (tertiary/aromatic N) is 3. The van der Waals surface area contributed by atoms with E-state index >= 15 is 0 Å². The van der Waals surface area contributed by atoms with Crippen LogP contribution >= 0.6 is 23.2 Å². The molecule has 29 heavy (non-hydrogen) atoms. The van der Waals surface area contributed by atoms with Gasteiger partial charge in [0.1, 0.15) is 0 Å². The van der Waals surface area contributed by atoms with Crippen LogP contribution in [0.4, 0.5) is 0 Å². The van der Waals surface area contributed by atoms with Gasteiger partial charge in [-0.1, -0.05) is 41.4 Å². The summed E-state index contributed by atoms with van der Waals surface area (Å²) in [4.78, 5) is 2.03. The van der Waals surface area contributed by atoms with E-state index in [4.69, 9.17) is 27.9 Å². The smallest absolute Gasteiger partial charge is 0.252 e. The third kappa shape index (κ3) is 5.11. The van der Waals surface area contributed by atoms with Crippen molar-refractivity contribution in [2.24, 2.45) is 0 Å². The van der Waals surface area contributed by atoms with Crippen LogP contribution in [-0.4, -0.2) is 50.3 Å². The fourth-order valence-corrected chi connectivity index (χ4v) is 4.37. The number of hydrogen-bond acceptors (Lipinski definition) is 5. The van der Waals surface area contributed by atoms with Gasteiger partial charge in [0.05, 0.1) is 33.4 Å². The monoisotopic (exact) mass is 453 g/mol. The minimum absolute atomic E-state index is 0.0235. The maximum atomic E-state index is 13.3. The highest BCUT2D eigenvalue weighted by Gasteiger charge is 2.27. The van der Waals surface area contributed by atoms with Gasteiger partial charge >= 0.3 is 0 Å². The number of benzene rings is 2. The van der Waals surface area contributed by atoms with E-state index in [-0.39, 0.29) is 25.7 Å². The highest BCUT2D eigenvalue weighted by molar-refractivity contribution is 7.91. The van der Waals surface area contributed by atoms with Crippen LogP contribution in [0.1, 0.15) is 6.42 Å². The zero-order valence-electron chi connectivity index (χ0n) is 16.0. The van der Waals surface area contributed by atoms with Crippen LogP contribution in [0.3, 0.4) is 0 Å². The Morgan fingerprint density at radius 3 is 2.45 bits per heavy atom. The van der Waals surface area contributed by atoms with E-state index in [0.717, 1.165) is 18.7 Å². The van der Waals surface area contributed by atoms with Crippen molar-refractivity contribution in [1.29, 1.82) is 0 Å². The predicted octanol–water partition coefficient (Wildman–Crippen LogP) is 4.34. The Hall–Kier alpha value is -2.06. The van der Waals surface area contributed by atoms with Gasteiger partial charge in [-0.15, -0.1) is 5.10 Å². The number of ether oxygens (including phenoxy) is 1. The molecule has 3 aromatic rings. The maximum absolute atomic E-state index is 13.3. The van der Waals surface area contributed by atoms with Gasteiger partial charge in [0.15, 0.2) is 4.90 Å². The third-order valence-corrected chi connectivity index (χ3v) is 6.62. The van der Waals surface area contributed by atoms with E-state index in [1.54, 1.807) is 0 Å². The summed E-state index contributed by atoms with van der Waals surface area (Å²) < 4.78 is 33.8. The van der Waals surface area contributed by atoms with E-state index in [1.165, 1.54) is 29.1 Å². The second kappa shape index (κ2) is 9.17. The normalized spacial score (nSPS) is 11.8. The van der Waals surface area contributed by atoms with Gasteiger partial charge in [0.25, 0.3) is 5.88 Å². The first-order valence-electron chi connectivity index (χ1n) is 8.92. The number of para-hydroxylation sites is 1.